The molecule has 132 valence electrons. The SMILES string of the molecule is CCCC(=O)N1CCC(NC(=O)c2cc(OC)cc(OC)c2)CC1. The second kappa shape index (κ2) is 8.57. The molecule has 1 heterocycles. The van der Waals surface area contributed by atoms with Gasteiger partial charge in [-0.15, -0.1) is 0 Å². The van der Waals surface area contributed by atoms with E-state index in [-0.39, 0.29) is 17.9 Å². The van der Waals surface area contributed by atoms with E-state index >= 15 is 0 Å². The van der Waals surface area contributed by atoms with Crippen LogP contribution in [0.15, 0.2) is 18.2 Å². The largest absolute Gasteiger partial charge is 0.497 e. The highest BCUT2D eigenvalue weighted by Crippen LogP contribution is 2.23. The van der Waals surface area contributed by atoms with Crippen LogP contribution in [-0.4, -0.2) is 50.1 Å². The fraction of sp³-hybridized carbons (Fsp3) is 0.556. The molecule has 24 heavy (non-hydrogen) atoms. The van der Waals surface area contributed by atoms with Crippen molar-refractivity contribution in [1.82, 2.24) is 10.2 Å². The van der Waals surface area contributed by atoms with E-state index in [0.717, 1.165) is 19.3 Å². The lowest BCUT2D eigenvalue weighted by molar-refractivity contribution is -0.132. The molecule has 0 aliphatic carbocycles. The molecular formula is C18H26N2O4. The second-order valence-electron chi connectivity index (χ2n) is 5.98. The van der Waals surface area contributed by atoms with Gasteiger partial charge in [0.2, 0.25) is 5.91 Å². The molecule has 1 N–H and O–H groups in total. The number of nitrogens with one attached hydrogen (secondary N) is 1. The molecular weight excluding hydrogens is 308 g/mol. The summed E-state index contributed by atoms with van der Waals surface area (Å²) in [4.78, 5) is 26.3. The molecule has 0 unspecified atom stereocenters. The maximum Gasteiger partial charge on any atom is 0.251 e. The Morgan fingerprint density at radius 1 is 1.12 bits per heavy atom. The summed E-state index contributed by atoms with van der Waals surface area (Å²) in [6.45, 7) is 3.41. The van der Waals surface area contributed by atoms with Crippen LogP contribution in [0, 0.1) is 0 Å². The second-order valence-corrected chi connectivity index (χ2v) is 5.98. The van der Waals surface area contributed by atoms with E-state index in [9.17, 15) is 9.59 Å². The van der Waals surface area contributed by atoms with Crippen LogP contribution in [0.5, 0.6) is 11.5 Å². The number of carbonyl (C=O) groups is 2. The van der Waals surface area contributed by atoms with Crippen LogP contribution in [0.25, 0.3) is 0 Å². The van der Waals surface area contributed by atoms with Crippen LogP contribution in [0.1, 0.15) is 43.0 Å². The van der Waals surface area contributed by atoms with Crippen molar-refractivity contribution in [1.29, 1.82) is 0 Å². The first kappa shape index (κ1) is 18.1. The number of rotatable bonds is 6. The smallest absolute Gasteiger partial charge is 0.251 e. The zero-order valence-corrected chi connectivity index (χ0v) is 14.6. The van der Waals surface area contributed by atoms with Crippen LogP contribution in [0.2, 0.25) is 0 Å². The summed E-state index contributed by atoms with van der Waals surface area (Å²) in [5, 5.41) is 3.04. The quantitative estimate of drug-likeness (QED) is 0.866. The van der Waals surface area contributed by atoms with Gasteiger partial charge in [0.25, 0.3) is 5.91 Å². The number of amides is 2. The van der Waals surface area contributed by atoms with Gasteiger partial charge in [-0.2, -0.15) is 0 Å². The van der Waals surface area contributed by atoms with Crippen molar-refractivity contribution in [3.05, 3.63) is 23.8 Å². The number of hydrogen-bond donors (Lipinski definition) is 1. The monoisotopic (exact) mass is 334 g/mol. The van der Waals surface area contributed by atoms with Crippen LogP contribution < -0.4 is 14.8 Å². The number of ether oxygens (including phenoxy) is 2. The van der Waals surface area contributed by atoms with Gasteiger partial charge in [0.15, 0.2) is 0 Å². The van der Waals surface area contributed by atoms with Crippen molar-refractivity contribution >= 4 is 11.8 Å². The van der Waals surface area contributed by atoms with E-state index in [1.807, 2.05) is 11.8 Å². The van der Waals surface area contributed by atoms with Crippen molar-refractivity contribution in [2.24, 2.45) is 0 Å². The van der Waals surface area contributed by atoms with E-state index in [1.165, 1.54) is 0 Å². The Morgan fingerprint density at radius 3 is 2.21 bits per heavy atom. The van der Waals surface area contributed by atoms with Crippen molar-refractivity contribution in [3.63, 3.8) is 0 Å². The van der Waals surface area contributed by atoms with Gasteiger partial charge < -0.3 is 19.7 Å². The summed E-state index contributed by atoms with van der Waals surface area (Å²) in [5.41, 5.74) is 0.510. The third-order valence-electron chi connectivity index (χ3n) is 4.26. The predicted molar refractivity (Wildman–Crippen MR) is 91.5 cm³/mol. The molecule has 0 radical (unpaired) electrons. The standard InChI is InChI=1S/C18H26N2O4/c1-4-5-17(21)20-8-6-14(7-9-20)19-18(22)13-10-15(23-2)12-16(11-13)24-3/h10-12,14H,4-9H2,1-3H3,(H,19,22). The van der Waals surface area contributed by atoms with E-state index < -0.39 is 0 Å². The predicted octanol–water partition coefficient (Wildman–Crippen LogP) is 2.22. The minimum Gasteiger partial charge on any atom is -0.497 e. The zero-order valence-electron chi connectivity index (χ0n) is 14.6. The topological polar surface area (TPSA) is 67.9 Å². The van der Waals surface area contributed by atoms with E-state index in [1.54, 1.807) is 32.4 Å². The number of hydrogen-bond acceptors (Lipinski definition) is 4. The third-order valence-corrected chi connectivity index (χ3v) is 4.26. The van der Waals surface area contributed by atoms with Crippen LogP contribution in [0.3, 0.4) is 0 Å². The highest BCUT2D eigenvalue weighted by Gasteiger charge is 2.24. The van der Waals surface area contributed by atoms with Crippen LogP contribution >= 0.6 is 0 Å². The number of methoxy groups -OCH3 is 2. The number of piperidine rings is 1. The summed E-state index contributed by atoms with van der Waals surface area (Å²) in [5.74, 6) is 1.23. The molecule has 1 fully saturated rings. The lowest BCUT2D eigenvalue weighted by Gasteiger charge is -2.32. The molecule has 2 rings (SSSR count). The van der Waals surface area contributed by atoms with Crippen molar-refractivity contribution < 1.29 is 19.1 Å². The molecule has 0 aromatic heterocycles. The summed E-state index contributed by atoms with van der Waals surface area (Å²) < 4.78 is 10.4. The van der Waals surface area contributed by atoms with Gasteiger partial charge in [-0.3, -0.25) is 9.59 Å². The number of carbonyl (C=O) groups excluding carboxylic acids is 2. The first-order chi connectivity index (χ1) is 11.6. The minimum absolute atomic E-state index is 0.0837. The minimum atomic E-state index is -0.148. The Hall–Kier alpha value is -2.24. The molecule has 1 aliphatic heterocycles. The molecule has 0 saturated carbocycles. The van der Waals surface area contributed by atoms with E-state index in [2.05, 4.69) is 5.32 Å². The first-order valence-corrected chi connectivity index (χ1v) is 8.39. The highest BCUT2D eigenvalue weighted by molar-refractivity contribution is 5.95. The summed E-state index contributed by atoms with van der Waals surface area (Å²) in [6.07, 6.45) is 3.03. The normalized spacial score (nSPS) is 15.0. The highest BCUT2D eigenvalue weighted by atomic mass is 16.5. The lowest BCUT2D eigenvalue weighted by Crippen LogP contribution is -2.46. The molecule has 6 nitrogen and oxygen atoms in total. The molecule has 2 amide bonds. The average molecular weight is 334 g/mol. The van der Waals surface area contributed by atoms with Crippen LogP contribution in [-0.2, 0) is 4.79 Å². The summed E-state index contributed by atoms with van der Waals surface area (Å²) >= 11 is 0. The molecule has 6 heteroatoms. The molecule has 1 aromatic carbocycles. The van der Waals surface area contributed by atoms with Gasteiger partial charge in [0.1, 0.15) is 11.5 Å². The van der Waals surface area contributed by atoms with Gasteiger partial charge in [0, 0.05) is 37.2 Å². The molecule has 0 atom stereocenters. The van der Waals surface area contributed by atoms with Crippen molar-refractivity contribution in [2.75, 3.05) is 27.3 Å². The fourth-order valence-corrected chi connectivity index (χ4v) is 2.85. The maximum absolute atomic E-state index is 12.5. The molecule has 1 aliphatic rings. The first-order valence-electron chi connectivity index (χ1n) is 8.39. The zero-order chi connectivity index (χ0) is 17.5. The van der Waals surface area contributed by atoms with E-state index in [4.69, 9.17) is 9.47 Å². The van der Waals surface area contributed by atoms with Gasteiger partial charge in [-0.1, -0.05) is 6.92 Å². The Bertz CT molecular complexity index is 558. The van der Waals surface area contributed by atoms with Crippen molar-refractivity contribution in [3.8, 4) is 11.5 Å². The Morgan fingerprint density at radius 2 is 1.71 bits per heavy atom. The molecule has 0 spiro atoms. The number of benzene rings is 1. The molecule has 0 bridgehead atoms. The Kier molecular flexibility index (Phi) is 6.46. The summed E-state index contributed by atoms with van der Waals surface area (Å²) in [6, 6.07) is 5.20. The van der Waals surface area contributed by atoms with Gasteiger partial charge in [-0.05, 0) is 31.4 Å². The lowest BCUT2D eigenvalue weighted by atomic mass is 10.0. The van der Waals surface area contributed by atoms with E-state index in [0.29, 0.717) is 36.6 Å². The fourth-order valence-electron chi connectivity index (χ4n) is 2.85. The molecule has 1 aromatic rings. The average Bonchev–Trinajstić information content (AvgIpc) is 2.61. The third kappa shape index (κ3) is 4.63. The number of nitrogens with zero attached hydrogens (tertiary/aromatic N) is 1. The van der Waals surface area contributed by atoms with Crippen LogP contribution in [0.4, 0.5) is 0 Å². The van der Waals surface area contributed by atoms with Crippen molar-refractivity contribution in [2.45, 2.75) is 38.6 Å². The summed E-state index contributed by atoms with van der Waals surface area (Å²) in [7, 11) is 3.11. The Labute approximate surface area is 143 Å². The van der Waals surface area contributed by atoms with Gasteiger partial charge >= 0.3 is 0 Å². The van der Waals surface area contributed by atoms with Gasteiger partial charge in [-0.25, -0.2) is 0 Å². The van der Waals surface area contributed by atoms with Gasteiger partial charge in [0.05, 0.1) is 14.2 Å². The maximum atomic E-state index is 12.5. The Balaban J connectivity index is 1.93. The molecule has 1 saturated heterocycles. The number of likely N-dealkylation sites (tertiary alicyclic amines) is 1.